The van der Waals surface area contributed by atoms with Crippen molar-refractivity contribution in [1.82, 2.24) is 0 Å². The third-order valence-corrected chi connectivity index (χ3v) is 3.30. The van der Waals surface area contributed by atoms with Crippen molar-refractivity contribution in [3.8, 4) is 11.1 Å². The first-order valence-electron chi connectivity index (χ1n) is 5.54. The van der Waals surface area contributed by atoms with E-state index < -0.39 is 11.7 Å². The zero-order valence-corrected chi connectivity index (χ0v) is 9.33. The number of hydrogen-bond donors (Lipinski definition) is 1. The van der Waals surface area contributed by atoms with Crippen LogP contribution in [0.2, 0.25) is 0 Å². The molecule has 0 bridgehead atoms. The molecule has 1 unspecified atom stereocenters. The normalized spacial score (nSPS) is 17.4. The fourth-order valence-electron chi connectivity index (χ4n) is 2.42. The first-order chi connectivity index (χ1) is 8.48. The maximum Gasteiger partial charge on any atom is 0.416 e. The van der Waals surface area contributed by atoms with Gasteiger partial charge in [0.25, 0.3) is 0 Å². The summed E-state index contributed by atoms with van der Waals surface area (Å²) in [5, 5.41) is 0. The molecule has 0 saturated heterocycles. The SMILES string of the molecule is NC1c2ccccc2-c2cc(C(F)(F)F)ccc21. The molecule has 0 aromatic heterocycles. The number of alkyl halides is 3. The van der Waals surface area contributed by atoms with Gasteiger partial charge in [0.05, 0.1) is 11.6 Å². The topological polar surface area (TPSA) is 26.0 Å². The largest absolute Gasteiger partial charge is 0.416 e. The molecule has 2 N–H and O–H groups in total. The Balaban J connectivity index is 2.23. The lowest BCUT2D eigenvalue weighted by atomic mass is 10.0. The van der Waals surface area contributed by atoms with E-state index in [0.717, 1.165) is 22.8 Å². The Hall–Kier alpha value is -1.81. The Morgan fingerprint density at radius 1 is 0.889 bits per heavy atom. The zero-order chi connectivity index (χ0) is 12.9. The van der Waals surface area contributed by atoms with E-state index in [1.165, 1.54) is 12.1 Å². The van der Waals surface area contributed by atoms with Crippen molar-refractivity contribution in [2.24, 2.45) is 5.73 Å². The molecule has 0 spiro atoms. The summed E-state index contributed by atoms with van der Waals surface area (Å²) < 4.78 is 38.1. The second kappa shape index (κ2) is 3.59. The van der Waals surface area contributed by atoms with Gasteiger partial charge in [-0.25, -0.2) is 0 Å². The van der Waals surface area contributed by atoms with E-state index in [2.05, 4.69) is 0 Å². The van der Waals surface area contributed by atoms with E-state index in [9.17, 15) is 13.2 Å². The minimum atomic E-state index is -4.32. The lowest BCUT2D eigenvalue weighted by Crippen LogP contribution is -2.09. The van der Waals surface area contributed by atoms with Crippen molar-refractivity contribution in [2.45, 2.75) is 12.2 Å². The first-order valence-corrected chi connectivity index (χ1v) is 5.54. The van der Waals surface area contributed by atoms with E-state index in [1.54, 1.807) is 12.1 Å². The van der Waals surface area contributed by atoms with Crippen LogP contribution in [-0.2, 0) is 6.18 Å². The molecule has 0 saturated carbocycles. The summed E-state index contributed by atoms with van der Waals surface area (Å²) in [4.78, 5) is 0. The van der Waals surface area contributed by atoms with E-state index >= 15 is 0 Å². The van der Waals surface area contributed by atoms with Gasteiger partial charge in [0.2, 0.25) is 0 Å². The maximum absolute atomic E-state index is 12.7. The van der Waals surface area contributed by atoms with Gasteiger partial charge < -0.3 is 5.73 Å². The monoisotopic (exact) mass is 249 g/mol. The molecule has 1 aliphatic rings. The molecule has 3 rings (SSSR count). The third kappa shape index (κ3) is 1.53. The van der Waals surface area contributed by atoms with Crippen molar-refractivity contribution in [2.75, 3.05) is 0 Å². The molecule has 1 nitrogen and oxygen atoms in total. The third-order valence-electron chi connectivity index (χ3n) is 3.30. The molecule has 0 fully saturated rings. The molecular formula is C14H10F3N. The lowest BCUT2D eigenvalue weighted by molar-refractivity contribution is -0.137. The predicted molar refractivity (Wildman–Crippen MR) is 62.9 cm³/mol. The average molecular weight is 249 g/mol. The Labute approximate surface area is 102 Å². The average Bonchev–Trinajstić information content (AvgIpc) is 2.63. The number of fused-ring (bicyclic) bond motifs is 3. The van der Waals surface area contributed by atoms with Gasteiger partial charge in [0.15, 0.2) is 0 Å². The molecule has 2 aromatic carbocycles. The van der Waals surface area contributed by atoms with Crippen LogP contribution in [0.25, 0.3) is 11.1 Å². The summed E-state index contributed by atoms with van der Waals surface area (Å²) in [6.45, 7) is 0. The summed E-state index contributed by atoms with van der Waals surface area (Å²) in [7, 11) is 0. The van der Waals surface area contributed by atoms with Crippen LogP contribution in [0.15, 0.2) is 42.5 Å². The standard InChI is InChI=1S/C14H10F3N/c15-14(16,17)8-5-6-11-12(7-8)9-3-1-2-4-10(9)13(11)18/h1-7,13H,18H2. The second-order valence-corrected chi connectivity index (χ2v) is 4.36. The van der Waals surface area contributed by atoms with Gasteiger partial charge >= 0.3 is 6.18 Å². The van der Waals surface area contributed by atoms with Crippen molar-refractivity contribution in [3.05, 3.63) is 59.2 Å². The van der Waals surface area contributed by atoms with Crippen LogP contribution in [0.1, 0.15) is 22.7 Å². The summed E-state index contributed by atoms with van der Waals surface area (Å²) in [6, 6.07) is 10.7. The van der Waals surface area contributed by atoms with Gasteiger partial charge in [-0.05, 0) is 34.4 Å². The van der Waals surface area contributed by atoms with Crippen molar-refractivity contribution < 1.29 is 13.2 Å². The van der Waals surface area contributed by atoms with Crippen LogP contribution < -0.4 is 5.73 Å². The highest BCUT2D eigenvalue weighted by Crippen LogP contribution is 2.44. The Kier molecular flexibility index (Phi) is 2.25. The summed E-state index contributed by atoms with van der Waals surface area (Å²) in [6.07, 6.45) is -4.32. The zero-order valence-electron chi connectivity index (χ0n) is 9.33. The molecule has 0 radical (unpaired) electrons. The predicted octanol–water partition coefficient (Wildman–Crippen LogP) is 3.73. The van der Waals surface area contributed by atoms with Gasteiger partial charge in [-0.1, -0.05) is 30.3 Å². The highest BCUT2D eigenvalue weighted by Gasteiger charge is 2.33. The fraction of sp³-hybridized carbons (Fsp3) is 0.143. The molecule has 0 heterocycles. The fourth-order valence-corrected chi connectivity index (χ4v) is 2.42. The van der Waals surface area contributed by atoms with Gasteiger partial charge in [0, 0.05) is 0 Å². The van der Waals surface area contributed by atoms with Crippen molar-refractivity contribution in [1.29, 1.82) is 0 Å². The Morgan fingerprint density at radius 2 is 1.56 bits per heavy atom. The van der Waals surface area contributed by atoms with Crippen molar-refractivity contribution in [3.63, 3.8) is 0 Å². The molecule has 2 aromatic rings. The Morgan fingerprint density at radius 3 is 2.28 bits per heavy atom. The molecule has 0 amide bonds. The van der Waals surface area contributed by atoms with Crippen LogP contribution in [-0.4, -0.2) is 0 Å². The van der Waals surface area contributed by atoms with Crippen molar-refractivity contribution >= 4 is 0 Å². The Bertz CT molecular complexity index is 617. The molecule has 4 heteroatoms. The number of hydrogen-bond acceptors (Lipinski definition) is 1. The minimum Gasteiger partial charge on any atom is -0.320 e. The molecule has 1 aliphatic carbocycles. The quantitative estimate of drug-likeness (QED) is 0.756. The second-order valence-electron chi connectivity index (χ2n) is 4.36. The maximum atomic E-state index is 12.7. The highest BCUT2D eigenvalue weighted by atomic mass is 19.4. The van der Waals surface area contributed by atoms with Crippen LogP contribution >= 0.6 is 0 Å². The van der Waals surface area contributed by atoms with Crippen LogP contribution in [0.3, 0.4) is 0 Å². The number of halogens is 3. The molecule has 0 aliphatic heterocycles. The van der Waals surface area contributed by atoms with Crippen LogP contribution in [0.5, 0.6) is 0 Å². The van der Waals surface area contributed by atoms with Gasteiger partial charge in [-0.3, -0.25) is 0 Å². The number of rotatable bonds is 0. The summed E-state index contributed by atoms with van der Waals surface area (Å²) in [5.74, 6) is 0. The molecule has 92 valence electrons. The number of benzene rings is 2. The van der Waals surface area contributed by atoms with Gasteiger partial charge in [-0.2, -0.15) is 13.2 Å². The summed E-state index contributed by atoms with van der Waals surface area (Å²) in [5.41, 5.74) is 8.42. The van der Waals surface area contributed by atoms with Gasteiger partial charge in [0.1, 0.15) is 0 Å². The van der Waals surface area contributed by atoms with Crippen LogP contribution in [0.4, 0.5) is 13.2 Å². The summed E-state index contributed by atoms with van der Waals surface area (Å²) >= 11 is 0. The van der Waals surface area contributed by atoms with E-state index in [-0.39, 0.29) is 6.04 Å². The lowest BCUT2D eigenvalue weighted by Gasteiger charge is -2.10. The first kappa shape index (κ1) is 11.3. The van der Waals surface area contributed by atoms with E-state index in [4.69, 9.17) is 5.73 Å². The molecular weight excluding hydrogens is 239 g/mol. The minimum absolute atomic E-state index is 0.335. The molecule has 18 heavy (non-hydrogen) atoms. The number of nitrogens with two attached hydrogens (primary N) is 1. The smallest absolute Gasteiger partial charge is 0.320 e. The van der Waals surface area contributed by atoms with E-state index in [1.807, 2.05) is 12.1 Å². The van der Waals surface area contributed by atoms with Crippen LogP contribution in [0, 0.1) is 0 Å². The van der Waals surface area contributed by atoms with Gasteiger partial charge in [-0.15, -0.1) is 0 Å². The molecule has 1 atom stereocenters. The van der Waals surface area contributed by atoms with E-state index in [0.29, 0.717) is 5.56 Å². The highest BCUT2D eigenvalue weighted by molar-refractivity contribution is 5.79.